The Balaban J connectivity index is 1.72. The van der Waals surface area contributed by atoms with Crippen molar-refractivity contribution in [2.75, 3.05) is 26.7 Å². The molecule has 1 aliphatic rings. The number of hydrogen-bond acceptors (Lipinski definition) is 4. The molecule has 2 aromatic rings. The summed E-state index contributed by atoms with van der Waals surface area (Å²) in [6.07, 6.45) is 2.95. The summed E-state index contributed by atoms with van der Waals surface area (Å²) < 4.78 is 13.2. The molecule has 0 aliphatic carbocycles. The lowest BCUT2D eigenvalue weighted by Gasteiger charge is -2.44. The number of benzene rings is 2. The molecule has 0 bridgehead atoms. The third-order valence-corrected chi connectivity index (χ3v) is 6.49. The second-order valence-electron chi connectivity index (χ2n) is 8.68. The van der Waals surface area contributed by atoms with Crippen LogP contribution in [0.5, 0.6) is 0 Å². The molecule has 7 nitrogen and oxygen atoms in total. The van der Waals surface area contributed by atoms with E-state index in [4.69, 9.17) is 17.3 Å². The lowest BCUT2D eigenvalue weighted by atomic mass is 9.99. The molecule has 2 aromatic carbocycles. The molecule has 1 heterocycles. The normalized spacial score (nSPS) is 17.1. The lowest BCUT2D eigenvalue weighted by molar-refractivity contribution is -0.136. The average Bonchev–Trinajstić information content (AvgIpc) is 2.85. The Morgan fingerprint density at radius 3 is 2.57 bits per heavy atom. The summed E-state index contributed by atoms with van der Waals surface area (Å²) in [5.74, 6) is -1.05. The van der Waals surface area contributed by atoms with Crippen molar-refractivity contribution in [1.82, 2.24) is 15.1 Å². The highest BCUT2D eigenvalue weighted by atomic mass is 35.5. The van der Waals surface area contributed by atoms with Crippen LogP contribution in [0.25, 0.3) is 0 Å². The van der Waals surface area contributed by atoms with E-state index in [0.717, 1.165) is 11.1 Å². The molecule has 0 saturated carbocycles. The molecule has 2 unspecified atom stereocenters. The highest BCUT2D eigenvalue weighted by Gasteiger charge is 2.35. The Labute approximate surface area is 210 Å². The van der Waals surface area contributed by atoms with Crippen LogP contribution in [0, 0.1) is 12.2 Å². The van der Waals surface area contributed by atoms with E-state index in [-0.39, 0.29) is 30.1 Å². The van der Waals surface area contributed by atoms with E-state index in [2.05, 4.69) is 10.2 Å². The Kier molecular flexibility index (Phi) is 9.63. The van der Waals surface area contributed by atoms with Crippen LogP contribution in [0.4, 0.5) is 4.39 Å². The first-order valence-corrected chi connectivity index (χ1v) is 12.0. The number of carbonyl (C=O) groups excluding carboxylic acids is 3. The third-order valence-electron chi connectivity index (χ3n) is 6.25. The predicted molar refractivity (Wildman–Crippen MR) is 133 cm³/mol. The fourth-order valence-corrected chi connectivity index (χ4v) is 4.61. The maximum atomic E-state index is 13.2. The fourth-order valence-electron chi connectivity index (χ4n) is 4.39. The number of nitrogens with two attached hydrogens (primary N) is 1. The number of nitrogens with one attached hydrogen (secondary N) is 1. The van der Waals surface area contributed by atoms with Crippen molar-refractivity contribution in [3.05, 3.63) is 76.9 Å². The zero-order valence-electron chi connectivity index (χ0n) is 19.8. The number of primary amides is 1. The van der Waals surface area contributed by atoms with Gasteiger partial charge in [0.25, 0.3) is 0 Å². The summed E-state index contributed by atoms with van der Waals surface area (Å²) in [4.78, 5) is 41.1. The summed E-state index contributed by atoms with van der Waals surface area (Å²) in [5.41, 5.74) is 7.15. The minimum atomic E-state index is -0.449. The fraction of sp³-hybridized carbons (Fsp3) is 0.385. The molecular weight excluding hydrogens is 471 g/mol. The Morgan fingerprint density at radius 1 is 1.17 bits per heavy atom. The maximum absolute atomic E-state index is 13.2. The maximum Gasteiger partial charge on any atom is 0.237 e. The topological polar surface area (TPSA) is 95.7 Å². The van der Waals surface area contributed by atoms with Gasteiger partial charge in [0, 0.05) is 44.2 Å². The standard InChI is InChI=1S/C26H31ClFN4O3/c1-30-26(35)23(16-19-3-2-4-20(27)15-19)31-13-14-32(22(17-31)10-11-24(29)33)25(34)12-7-18-5-8-21(28)9-6-18/h2-6,8-9,12,15,22-23H,7,10-11,13-14,16-17H2,1H3,(H2,29,33)(H,30,35). The van der Waals surface area contributed by atoms with Gasteiger partial charge < -0.3 is 16.0 Å². The van der Waals surface area contributed by atoms with E-state index in [9.17, 15) is 18.8 Å². The summed E-state index contributed by atoms with van der Waals surface area (Å²) >= 11 is 6.13. The quantitative estimate of drug-likeness (QED) is 0.522. The second-order valence-corrected chi connectivity index (χ2v) is 9.12. The SMILES string of the molecule is CNC(=O)C(Cc1cccc(Cl)c1)N1CCN(C(=O)[CH]Cc2ccc(F)cc2)C(CCC(N)=O)C1. The van der Waals surface area contributed by atoms with Gasteiger partial charge in [-0.3, -0.25) is 19.3 Å². The monoisotopic (exact) mass is 501 g/mol. The van der Waals surface area contributed by atoms with Crippen LogP contribution in [0.3, 0.4) is 0 Å². The van der Waals surface area contributed by atoms with Gasteiger partial charge in [0.05, 0.1) is 12.5 Å². The number of amides is 3. The second kappa shape index (κ2) is 12.7. The average molecular weight is 502 g/mol. The number of carbonyl (C=O) groups is 3. The van der Waals surface area contributed by atoms with Gasteiger partial charge in [-0.15, -0.1) is 0 Å². The number of piperazine rings is 1. The molecule has 35 heavy (non-hydrogen) atoms. The molecule has 1 radical (unpaired) electrons. The number of likely N-dealkylation sites (N-methyl/N-ethyl adjacent to an activating group) is 1. The van der Waals surface area contributed by atoms with Gasteiger partial charge in [0.2, 0.25) is 17.7 Å². The lowest BCUT2D eigenvalue weighted by Crippen LogP contribution is -2.60. The molecule has 9 heteroatoms. The molecule has 1 fully saturated rings. The van der Waals surface area contributed by atoms with Crippen molar-refractivity contribution in [3.63, 3.8) is 0 Å². The highest BCUT2D eigenvalue weighted by molar-refractivity contribution is 6.30. The molecule has 3 amide bonds. The first-order valence-electron chi connectivity index (χ1n) is 11.6. The van der Waals surface area contributed by atoms with Gasteiger partial charge >= 0.3 is 0 Å². The van der Waals surface area contributed by atoms with E-state index >= 15 is 0 Å². The van der Waals surface area contributed by atoms with Crippen LogP contribution in [0.2, 0.25) is 5.02 Å². The summed E-state index contributed by atoms with van der Waals surface area (Å²) in [5, 5.41) is 3.34. The van der Waals surface area contributed by atoms with Gasteiger partial charge in [0.1, 0.15) is 5.82 Å². The van der Waals surface area contributed by atoms with Crippen LogP contribution < -0.4 is 11.1 Å². The summed E-state index contributed by atoms with van der Waals surface area (Å²) in [6, 6.07) is 12.7. The van der Waals surface area contributed by atoms with Gasteiger partial charge in [-0.05, 0) is 54.7 Å². The molecule has 1 saturated heterocycles. The van der Waals surface area contributed by atoms with Crippen LogP contribution in [0.1, 0.15) is 24.0 Å². The summed E-state index contributed by atoms with van der Waals surface area (Å²) in [6.45, 7) is 1.34. The van der Waals surface area contributed by atoms with Crippen molar-refractivity contribution in [2.24, 2.45) is 5.73 Å². The smallest absolute Gasteiger partial charge is 0.237 e. The van der Waals surface area contributed by atoms with Gasteiger partial charge in [0.15, 0.2) is 0 Å². The molecule has 0 spiro atoms. The van der Waals surface area contributed by atoms with E-state index in [1.165, 1.54) is 12.1 Å². The third kappa shape index (κ3) is 7.77. The molecule has 2 atom stereocenters. The largest absolute Gasteiger partial charge is 0.370 e. The Morgan fingerprint density at radius 2 is 1.91 bits per heavy atom. The molecule has 187 valence electrons. The zero-order chi connectivity index (χ0) is 25.4. The van der Waals surface area contributed by atoms with Crippen LogP contribution >= 0.6 is 11.6 Å². The van der Waals surface area contributed by atoms with Crippen molar-refractivity contribution in [1.29, 1.82) is 0 Å². The van der Waals surface area contributed by atoms with Crippen molar-refractivity contribution in [2.45, 2.75) is 37.8 Å². The van der Waals surface area contributed by atoms with E-state index in [0.29, 0.717) is 43.9 Å². The van der Waals surface area contributed by atoms with Gasteiger partial charge in [-0.1, -0.05) is 35.9 Å². The van der Waals surface area contributed by atoms with E-state index in [1.807, 2.05) is 18.2 Å². The number of halogens is 2. The number of rotatable bonds is 10. The Hall–Kier alpha value is -2.97. The highest BCUT2D eigenvalue weighted by Crippen LogP contribution is 2.21. The minimum absolute atomic E-state index is 0.124. The van der Waals surface area contributed by atoms with E-state index < -0.39 is 11.9 Å². The number of nitrogens with zero attached hydrogens (tertiary/aromatic N) is 2. The summed E-state index contributed by atoms with van der Waals surface area (Å²) in [7, 11) is 1.60. The predicted octanol–water partition coefficient (Wildman–Crippen LogP) is 2.36. The first-order chi connectivity index (χ1) is 16.8. The minimum Gasteiger partial charge on any atom is -0.370 e. The molecule has 3 rings (SSSR count). The Bertz CT molecular complexity index is 1030. The van der Waals surface area contributed by atoms with Crippen LogP contribution in [-0.4, -0.2) is 66.3 Å². The van der Waals surface area contributed by atoms with Crippen LogP contribution in [0.15, 0.2) is 48.5 Å². The molecule has 1 aliphatic heterocycles. The molecule has 3 N–H and O–H groups in total. The molecule has 0 aromatic heterocycles. The van der Waals surface area contributed by atoms with Crippen LogP contribution in [-0.2, 0) is 27.2 Å². The van der Waals surface area contributed by atoms with Crippen molar-refractivity contribution < 1.29 is 18.8 Å². The van der Waals surface area contributed by atoms with Gasteiger partial charge in [-0.25, -0.2) is 4.39 Å². The first kappa shape index (κ1) is 26.6. The van der Waals surface area contributed by atoms with Crippen molar-refractivity contribution in [3.8, 4) is 0 Å². The van der Waals surface area contributed by atoms with Crippen molar-refractivity contribution >= 4 is 29.3 Å². The zero-order valence-corrected chi connectivity index (χ0v) is 20.5. The van der Waals surface area contributed by atoms with Gasteiger partial charge in [-0.2, -0.15) is 0 Å². The molecular formula is C26H31ClFN4O3. The number of hydrogen-bond donors (Lipinski definition) is 2. The van der Waals surface area contributed by atoms with E-state index in [1.54, 1.807) is 36.6 Å².